The average molecular weight is 336 g/mol. The van der Waals surface area contributed by atoms with Crippen molar-refractivity contribution in [2.75, 3.05) is 6.61 Å². The van der Waals surface area contributed by atoms with Crippen LogP contribution in [0.15, 0.2) is 22.7 Å². The molecule has 0 atom stereocenters. The Morgan fingerprint density at radius 2 is 2.20 bits per heavy atom. The summed E-state index contributed by atoms with van der Waals surface area (Å²) in [5.74, 6) is -0.190. The molecule has 0 saturated heterocycles. The zero-order chi connectivity index (χ0) is 11.3. The van der Waals surface area contributed by atoms with E-state index in [1.807, 2.05) is 18.2 Å². The molecule has 0 amide bonds. The summed E-state index contributed by atoms with van der Waals surface area (Å²) in [5.41, 5.74) is 2.13. The minimum absolute atomic E-state index is 0.190. The molecule has 1 aromatic rings. The number of hydrogen-bond acceptors (Lipinski definition) is 2. The van der Waals surface area contributed by atoms with Crippen LogP contribution in [0.1, 0.15) is 18.1 Å². The van der Waals surface area contributed by atoms with Crippen molar-refractivity contribution in [3.63, 3.8) is 0 Å². The molecule has 0 aliphatic carbocycles. The second-order valence-corrected chi connectivity index (χ2v) is 4.46. The van der Waals surface area contributed by atoms with E-state index in [2.05, 4.69) is 31.9 Å². The van der Waals surface area contributed by atoms with Gasteiger partial charge in [-0.15, -0.1) is 0 Å². The monoisotopic (exact) mass is 334 g/mol. The van der Waals surface area contributed by atoms with Gasteiger partial charge in [0.2, 0.25) is 0 Å². The molecule has 1 rings (SSSR count). The lowest BCUT2D eigenvalue weighted by Crippen LogP contribution is -2.07. The van der Waals surface area contributed by atoms with Crippen LogP contribution in [0, 0.1) is 0 Å². The van der Waals surface area contributed by atoms with Crippen LogP contribution in [-0.2, 0) is 21.3 Å². The molecule has 0 bridgehead atoms. The maximum atomic E-state index is 11.3. The van der Waals surface area contributed by atoms with E-state index in [0.29, 0.717) is 13.0 Å². The quantitative estimate of drug-likeness (QED) is 0.622. The van der Waals surface area contributed by atoms with Crippen LogP contribution in [0.5, 0.6) is 0 Å². The van der Waals surface area contributed by atoms with Gasteiger partial charge >= 0.3 is 5.97 Å². The van der Waals surface area contributed by atoms with E-state index in [1.54, 1.807) is 6.92 Å². The van der Waals surface area contributed by atoms with Gasteiger partial charge < -0.3 is 4.74 Å². The molecule has 15 heavy (non-hydrogen) atoms. The van der Waals surface area contributed by atoms with Gasteiger partial charge in [-0.2, -0.15) is 0 Å². The highest BCUT2D eigenvalue weighted by Crippen LogP contribution is 2.20. The van der Waals surface area contributed by atoms with E-state index in [1.165, 1.54) is 5.56 Å². The standard InChI is InChI=1S/C11H12Br2O2/c1-2-15-11(14)6-9-4-3-8(7-12)5-10(9)13/h3-5H,2,6-7H2,1H3. The molecular weight excluding hydrogens is 324 g/mol. The number of carbonyl (C=O) groups is 1. The van der Waals surface area contributed by atoms with Crippen LogP contribution in [0.2, 0.25) is 0 Å². The maximum absolute atomic E-state index is 11.3. The molecule has 0 saturated carbocycles. The molecule has 0 aliphatic rings. The maximum Gasteiger partial charge on any atom is 0.310 e. The smallest absolute Gasteiger partial charge is 0.310 e. The van der Waals surface area contributed by atoms with Gasteiger partial charge in [-0.25, -0.2) is 0 Å². The Morgan fingerprint density at radius 1 is 1.47 bits per heavy atom. The lowest BCUT2D eigenvalue weighted by atomic mass is 10.1. The van der Waals surface area contributed by atoms with Gasteiger partial charge in [0.05, 0.1) is 13.0 Å². The summed E-state index contributed by atoms with van der Waals surface area (Å²) < 4.78 is 5.84. The number of rotatable bonds is 4. The molecule has 0 aromatic heterocycles. The minimum atomic E-state index is -0.190. The molecule has 0 spiro atoms. The molecular formula is C11H12Br2O2. The van der Waals surface area contributed by atoms with E-state index in [9.17, 15) is 4.79 Å². The van der Waals surface area contributed by atoms with Crippen molar-refractivity contribution in [1.82, 2.24) is 0 Å². The first-order valence-corrected chi connectivity index (χ1v) is 6.57. The van der Waals surface area contributed by atoms with Crippen molar-refractivity contribution in [3.05, 3.63) is 33.8 Å². The van der Waals surface area contributed by atoms with Gasteiger partial charge in [-0.1, -0.05) is 44.0 Å². The van der Waals surface area contributed by atoms with Crippen molar-refractivity contribution >= 4 is 37.8 Å². The second kappa shape index (κ2) is 6.28. The third-order valence-corrected chi connectivity index (χ3v) is 3.30. The molecule has 2 nitrogen and oxygen atoms in total. The highest BCUT2D eigenvalue weighted by Gasteiger charge is 2.07. The number of ether oxygens (including phenoxy) is 1. The fourth-order valence-corrected chi connectivity index (χ4v) is 2.10. The fraction of sp³-hybridized carbons (Fsp3) is 0.364. The highest BCUT2D eigenvalue weighted by atomic mass is 79.9. The minimum Gasteiger partial charge on any atom is -0.466 e. The number of alkyl halides is 1. The topological polar surface area (TPSA) is 26.3 Å². The molecule has 0 heterocycles. The fourth-order valence-electron chi connectivity index (χ4n) is 1.18. The van der Waals surface area contributed by atoms with Crippen LogP contribution in [0.3, 0.4) is 0 Å². The first-order chi connectivity index (χ1) is 7.17. The average Bonchev–Trinajstić information content (AvgIpc) is 2.21. The molecule has 0 fully saturated rings. The third kappa shape index (κ3) is 3.95. The van der Waals surface area contributed by atoms with Gasteiger partial charge in [0, 0.05) is 9.80 Å². The number of benzene rings is 1. The molecule has 0 unspecified atom stereocenters. The van der Waals surface area contributed by atoms with E-state index < -0.39 is 0 Å². The Hall–Kier alpha value is -0.350. The van der Waals surface area contributed by atoms with Gasteiger partial charge in [0.1, 0.15) is 0 Å². The molecule has 1 aromatic carbocycles. The van der Waals surface area contributed by atoms with Gasteiger partial charge in [-0.05, 0) is 24.1 Å². The van der Waals surface area contributed by atoms with Gasteiger partial charge in [0.25, 0.3) is 0 Å². The Bertz CT molecular complexity index is 350. The zero-order valence-corrected chi connectivity index (χ0v) is 11.6. The molecule has 4 heteroatoms. The third-order valence-electron chi connectivity index (χ3n) is 1.91. The largest absolute Gasteiger partial charge is 0.466 e. The van der Waals surface area contributed by atoms with Crippen molar-refractivity contribution < 1.29 is 9.53 Å². The first-order valence-electron chi connectivity index (χ1n) is 4.66. The molecule has 82 valence electrons. The number of halogens is 2. The van der Waals surface area contributed by atoms with Crippen molar-refractivity contribution in [1.29, 1.82) is 0 Å². The summed E-state index contributed by atoms with van der Waals surface area (Å²) in [6, 6.07) is 5.94. The summed E-state index contributed by atoms with van der Waals surface area (Å²) in [6.07, 6.45) is 0.316. The Balaban J connectivity index is 2.73. The van der Waals surface area contributed by atoms with Crippen molar-refractivity contribution in [2.45, 2.75) is 18.7 Å². The summed E-state index contributed by atoms with van der Waals surface area (Å²) in [6.45, 7) is 2.23. The van der Waals surface area contributed by atoms with E-state index in [4.69, 9.17) is 4.74 Å². The highest BCUT2D eigenvalue weighted by molar-refractivity contribution is 9.10. The predicted octanol–water partition coefficient (Wildman–Crippen LogP) is 3.45. The number of hydrogen-bond donors (Lipinski definition) is 0. The van der Waals surface area contributed by atoms with E-state index in [0.717, 1.165) is 15.4 Å². The normalized spacial score (nSPS) is 10.1. The molecule has 0 radical (unpaired) electrons. The Labute approximate surface area is 106 Å². The summed E-state index contributed by atoms with van der Waals surface area (Å²) in [5, 5.41) is 0.811. The lowest BCUT2D eigenvalue weighted by molar-refractivity contribution is -0.142. The van der Waals surface area contributed by atoms with Crippen molar-refractivity contribution in [2.24, 2.45) is 0 Å². The SMILES string of the molecule is CCOC(=O)Cc1ccc(CBr)cc1Br. The number of carbonyl (C=O) groups excluding carboxylic acids is 1. The Kier molecular flexibility index (Phi) is 5.32. The summed E-state index contributed by atoms with van der Waals surface area (Å²) in [7, 11) is 0. The van der Waals surface area contributed by atoms with Gasteiger partial charge in [-0.3, -0.25) is 4.79 Å². The van der Waals surface area contributed by atoms with Crippen molar-refractivity contribution in [3.8, 4) is 0 Å². The number of esters is 1. The van der Waals surface area contributed by atoms with Crippen LogP contribution < -0.4 is 0 Å². The van der Waals surface area contributed by atoms with E-state index in [-0.39, 0.29) is 5.97 Å². The first kappa shape index (κ1) is 12.7. The van der Waals surface area contributed by atoms with Crippen LogP contribution in [0.4, 0.5) is 0 Å². The van der Waals surface area contributed by atoms with Crippen LogP contribution >= 0.6 is 31.9 Å². The Morgan fingerprint density at radius 3 is 2.73 bits per heavy atom. The second-order valence-electron chi connectivity index (χ2n) is 3.04. The van der Waals surface area contributed by atoms with Gasteiger partial charge in [0.15, 0.2) is 0 Å². The molecule has 0 N–H and O–H groups in total. The van der Waals surface area contributed by atoms with Crippen LogP contribution in [-0.4, -0.2) is 12.6 Å². The zero-order valence-electron chi connectivity index (χ0n) is 8.43. The molecule has 0 aliphatic heterocycles. The lowest BCUT2D eigenvalue weighted by Gasteiger charge is -2.05. The summed E-state index contributed by atoms with van der Waals surface area (Å²) >= 11 is 6.82. The predicted molar refractivity (Wildman–Crippen MR) is 67.1 cm³/mol. The van der Waals surface area contributed by atoms with E-state index >= 15 is 0 Å². The summed E-state index contributed by atoms with van der Waals surface area (Å²) in [4.78, 5) is 11.3. The van der Waals surface area contributed by atoms with Crippen LogP contribution in [0.25, 0.3) is 0 Å².